The number of carbonyl (C=O) groups is 1. The van der Waals surface area contributed by atoms with E-state index in [4.69, 9.17) is 20.8 Å². The molecule has 2 atom stereocenters. The molecule has 0 unspecified atom stereocenters. The first-order valence-electron chi connectivity index (χ1n) is 9.73. The molecule has 1 aromatic carbocycles. The van der Waals surface area contributed by atoms with Crippen molar-refractivity contribution in [2.75, 3.05) is 19.7 Å². The van der Waals surface area contributed by atoms with Gasteiger partial charge in [0.25, 0.3) is 5.91 Å². The van der Waals surface area contributed by atoms with E-state index in [2.05, 4.69) is 0 Å². The molecular formula is C21H24ClNO5. The van der Waals surface area contributed by atoms with Crippen molar-refractivity contribution in [3.8, 4) is 5.75 Å². The first kappa shape index (κ1) is 19.3. The second-order valence-corrected chi connectivity index (χ2v) is 8.36. The van der Waals surface area contributed by atoms with Crippen LogP contribution in [0.4, 0.5) is 0 Å². The smallest absolute Gasteiger partial charge is 0.336 e. The second-order valence-electron chi connectivity index (χ2n) is 7.95. The number of amides is 1. The number of nitrogens with zero attached hydrogens (tertiary/aromatic N) is 1. The van der Waals surface area contributed by atoms with Gasteiger partial charge in [0.1, 0.15) is 11.3 Å². The fourth-order valence-electron chi connectivity index (χ4n) is 4.46. The molecular weight excluding hydrogens is 382 g/mol. The largest absolute Gasteiger partial charge is 0.482 e. The Morgan fingerprint density at radius 2 is 2.18 bits per heavy atom. The molecule has 28 heavy (non-hydrogen) atoms. The average Bonchev–Trinajstić information content (AvgIpc) is 2.66. The van der Waals surface area contributed by atoms with E-state index in [1.165, 1.54) is 6.07 Å². The maximum absolute atomic E-state index is 12.6. The number of benzene rings is 1. The van der Waals surface area contributed by atoms with Gasteiger partial charge in [-0.25, -0.2) is 4.79 Å². The minimum atomic E-state index is -0.618. The van der Waals surface area contributed by atoms with Crippen LogP contribution in [-0.2, 0) is 4.79 Å². The molecule has 6 nitrogen and oxygen atoms in total. The normalized spacial score (nSPS) is 24.8. The molecule has 1 aliphatic heterocycles. The summed E-state index contributed by atoms with van der Waals surface area (Å²) in [5, 5.41) is 11.8. The molecule has 0 spiro atoms. The van der Waals surface area contributed by atoms with E-state index in [-0.39, 0.29) is 18.4 Å². The van der Waals surface area contributed by atoms with Crippen LogP contribution >= 0.6 is 11.6 Å². The first-order valence-corrected chi connectivity index (χ1v) is 10.1. The molecule has 2 aliphatic rings. The fourth-order valence-corrected chi connectivity index (χ4v) is 4.68. The number of likely N-dealkylation sites (tertiary alicyclic amines) is 1. The molecule has 4 rings (SSSR count). The summed E-state index contributed by atoms with van der Waals surface area (Å²) in [6.07, 6.45) is 4.55. The number of hydrogen-bond acceptors (Lipinski definition) is 5. The first-order chi connectivity index (χ1) is 13.4. The number of aryl methyl sites for hydroxylation is 1. The van der Waals surface area contributed by atoms with Crippen LogP contribution in [0.2, 0.25) is 5.02 Å². The lowest BCUT2D eigenvalue weighted by atomic mass is 9.71. The second kappa shape index (κ2) is 7.41. The summed E-state index contributed by atoms with van der Waals surface area (Å²) < 4.78 is 10.9. The van der Waals surface area contributed by atoms with Crippen LogP contribution < -0.4 is 10.4 Å². The maximum Gasteiger partial charge on any atom is 0.336 e. The molecule has 0 radical (unpaired) electrons. The van der Waals surface area contributed by atoms with Crippen molar-refractivity contribution in [1.82, 2.24) is 4.90 Å². The van der Waals surface area contributed by atoms with E-state index in [1.54, 1.807) is 17.0 Å². The molecule has 1 aliphatic carbocycles. The molecule has 150 valence electrons. The van der Waals surface area contributed by atoms with Gasteiger partial charge in [0.15, 0.2) is 6.61 Å². The third kappa shape index (κ3) is 3.63. The Kier molecular flexibility index (Phi) is 5.10. The van der Waals surface area contributed by atoms with Gasteiger partial charge in [0.2, 0.25) is 0 Å². The van der Waals surface area contributed by atoms with Gasteiger partial charge in [-0.3, -0.25) is 4.79 Å². The van der Waals surface area contributed by atoms with Gasteiger partial charge < -0.3 is 19.2 Å². The number of halogens is 1. The number of aliphatic hydroxyl groups is 1. The monoisotopic (exact) mass is 405 g/mol. The Morgan fingerprint density at radius 3 is 3.00 bits per heavy atom. The van der Waals surface area contributed by atoms with E-state index < -0.39 is 11.2 Å². The van der Waals surface area contributed by atoms with Gasteiger partial charge in [-0.15, -0.1) is 0 Å². The molecule has 0 bridgehead atoms. The summed E-state index contributed by atoms with van der Waals surface area (Å²) >= 11 is 6.29. The quantitative estimate of drug-likeness (QED) is 0.792. The van der Waals surface area contributed by atoms with E-state index in [1.807, 2.05) is 6.92 Å². The highest BCUT2D eigenvalue weighted by Gasteiger charge is 2.43. The number of ether oxygens (including phenoxy) is 1. The fraction of sp³-hybridized carbons (Fsp3) is 0.524. The van der Waals surface area contributed by atoms with Gasteiger partial charge in [-0.2, -0.15) is 0 Å². The van der Waals surface area contributed by atoms with Crippen molar-refractivity contribution in [3.05, 3.63) is 39.2 Å². The third-order valence-corrected chi connectivity index (χ3v) is 6.43. The average molecular weight is 406 g/mol. The molecule has 2 aromatic rings. The van der Waals surface area contributed by atoms with Crippen LogP contribution in [0.3, 0.4) is 0 Å². The van der Waals surface area contributed by atoms with Crippen molar-refractivity contribution in [1.29, 1.82) is 0 Å². The Labute approximate surface area is 168 Å². The highest BCUT2D eigenvalue weighted by molar-refractivity contribution is 6.32. The van der Waals surface area contributed by atoms with Crippen molar-refractivity contribution < 1.29 is 19.1 Å². The molecule has 1 saturated carbocycles. The zero-order valence-electron chi connectivity index (χ0n) is 15.9. The van der Waals surface area contributed by atoms with Crippen LogP contribution in [-0.4, -0.2) is 41.2 Å². The highest BCUT2D eigenvalue weighted by Crippen LogP contribution is 2.39. The van der Waals surface area contributed by atoms with Crippen molar-refractivity contribution >= 4 is 28.5 Å². The number of hydrogen-bond donors (Lipinski definition) is 1. The zero-order valence-corrected chi connectivity index (χ0v) is 16.6. The minimum absolute atomic E-state index is 0.130. The van der Waals surface area contributed by atoms with Gasteiger partial charge in [-0.05, 0) is 37.8 Å². The van der Waals surface area contributed by atoms with Gasteiger partial charge >= 0.3 is 5.63 Å². The molecule has 7 heteroatoms. The van der Waals surface area contributed by atoms with E-state index in [9.17, 15) is 14.7 Å². The Balaban J connectivity index is 1.45. The predicted molar refractivity (Wildman–Crippen MR) is 106 cm³/mol. The lowest BCUT2D eigenvalue weighted by Gasteiger charge is -2.47. The number of piperidine rings is 1. The van der Waals surface area contributed by atoms with Crippen LogP contribution in [0.1, 0.15) is 37.7 Å². The number of carbonyl (C=O) groups excluding carboxylic acids is 1. The molecule has 2 fully saturated rings. The minimum Gasteiger partial charge on any atom is -0.482 e. The lowest BCUT2D eigenvalue weighted by Crippen LogP contribution is -2.55. The summed E-state index contributed by atoms with van der Waals surface area (Å²) in [7, 11) is 0. The number of rotatable bonds is 3. The molecule has 1 N–H and O–H groups in total. The van der Waals surface area contributed by atoms with Gasteiger partial charge in [0.05, 0.1) is 10.6 Å². The van der Waals surface area contributed by atoms with E-state index >= 15 is 0 Å². The van der Waals surface area contributed by atoms with Crippen LogP contribution in [0.15, 0.2) is 27.4 Å². The SMILES string of the molecule is Cc1cc(=O)oc2cc(OCC(=O)N3CC[C@@]4(O)CCCC[C@H]4C3)c(Cl)cc12. The third-order valence-electron chi connectivity index (χ3n) is 6.14. The lowest BCUT2D eigenvalue weighted by molar-refractivity contribution is -0.145. The molecule has 1 saturated heterocycles. The Hall–Kier alpha value is -2.05. The Bertz CT molecular complexity index is 971. The number of fused-ring (bicyclic) bond motifs is 2. The van der Waals surface area contributed by atoms with Gasteiger partial charge in [0, 0.05) is 36.5 Å². The zero-order chi connectivity index (χ0) is 19.9. The van der Waals surface area contributed by atoms with Gasteiger partial charge in [-0.1, -0.05) is 24.4 Å². The van der Waals surface area contributed by atoms with E-state index in [0.717, 1.165) is 36.6 Å². The summed E-state index contributed by atoms with van der Waals surface area (Å²) in [6, 6.07) is 4.64. The molecule has 1 aromatic heterocycles. The predicted octanol–water partition coefficient (Wildman–Crippen LogP) is 3.29. The standard InChI is InChI=1S/C21H24ClNO5/c1-13-8-20(25)28-17-10-18(16(22)9-15(13)17)27-12-19(24)23-7-6-21(26)5-3-2-4-14(21)11-23/h8-10,14,26H,2-7,11-12H2,1H3/t14-,21-/m0/s1. The van der Waals surface area contributed by atoms with Crippen LogP contribution in [0.5, 0.6) is 5.75 Å². The summed E-state index contributed by atoms with van der Waals surface area (Å²) in [5.74, 6) is 0.317. The maximum atomic E-state index is 12.6. The Morgan fingerprint density at radius 1 is 1.36 bits per heavy atom. The summed E-state index contributed by atoms with van der Waals surface area (Å²) in [5.41, 5.74) is 0.0845. The highest BCUT2D eigenvalue weighted by atomic mass is 35.5. The summed E-state index contributed by atoms with van der Waals surface area (Å²) in [6.45, 7) is 2.77. The van der Waals surface area contributed by atoms with Crippen LogP contribution in [0.25, 0.3) is 11.0 Å². The molecule has 1 amide bonds. The van der Waals surface area contributed by atoms with Crippen molar-refractivity contribution in [2.24, 2.45) is 5.92 Å². The van der Waals surface area contributed by atoms with Crippen molar-refractivity contribution in [3.63, 3.8) is 0 Å². The molecule has 2 heterocycles. The van der Waals surface area contributed by atoms with E-state index in [0.29, 0.717) is 35.9 Å². The van der Waals surface area contributed by atoms with Crippen LogP contribution in [0, 0.1) is 12.8 Å². The van der Waals surface area contributed by atoms with Crippen molar-refractivity contribution in [2.45, 2.75) is 44.6 Å². The summed E-state index contributed by atoms with van der Waals surface area (Å²) in [4.78, 5) is 26.0. The topological polar surface area (TPSA) is 80.0 Å².